The van der Waals surface area contributed by atoms with E-state index in [1.807, 2.05) is 30.3 Å². The van der Waals surface area contributed by atoms with Crippen molar-refractivity contribution in [1.82, 2.24) is 5.32 Å². The Balaban J connectivity index is 2.10. The van der Waals surface area contributed by atoms with E-state index >= 15 is 0 Å². The highest BCUT2D eigenvalue weighted by atomic mass is 16.5. The molecule has 1 aromatic rings. The molecule has 0 spiro atoms. The molecule has 108 valence electrons. The minimum atomic E-state index is -0.288. The van der Waals surface area contributed by atoms with Crippen LogP contribution in [-0.2, 0) is 4.74 Å². The van der Waals surface area contributed by atoms with Crippen LogP contribution in [0.2, 0.25) is 0 Å². The Morgan fingerprint density at radius 2 is 2.00 bits per heavy atom. The molecule has 0 radical (unpaired) electrons. The van der Waals surface area contributed by atoms with Crippen LogP contribution in [0.25, 0.3) is 0 Å². The van der Waals surface area contributed by atoms with E-state index in [-0.39, 0.29) is 24.1 Å². The molecule has 2 unspecified atom stereocenters. The highest BCUT2D eigenvalue weighted by Crippen LogP contribution is 2.34. The molecule has 4 nitrogen and oxygen atoms in total. The zero-order chi connectivity index (χ0) is 14.4. The van der Waals surface area contributed by atoms with Crippen molar-refractivity contribution < 1.29 is 9.84 Å². The van der Waals surface area contributed by atoms with Gasteiger partial charge >= 0.3 is 0 Å². The minimum absolute atomic E-state index is 0.0191. The second-order valence-corrected chi connectivity index (χ2v) is 5.64. The highest BCUT2D eigenvalue weighted by Gasteiger charge is 2.37. The SMILES string of the molecule is CC1(C(C#N)NC(CO)c2ccccc2)CCOCC1. The Kier molecular flexibility index (Phi) is 5.13. The summed E-state index contributed by atoms with van der Waals surface area (Å²) in [5, 5.41) is 22.4. The second kappa shape index (κ2) is 6.85. The maximum Gasteiger partial charge on any atom is 0.101 e. The number of ether oxygens (including phenoxy) is 1. The maximum atomic E-state index is 9.61. The standard InChI is InChI=1S/C16H22N2O2/c1-16(7-9-20-10-8-16)15(11-17)18-14(12-19)13-5-3-2-4-6-13/h2-6,14-15,18-19H,7-10,12H2,1H3. The Bertz CT molecular complexity index is 449. The van der Waals surface area contributed by atoms with E-state index in [0.29, 0.717) is 13.2 Å². The van der Waals surface area contributed by atoms with Crippen molar-refractivity contribution in [2.24, 2.45) is 5.41 Å². The molecule has 4 heteroatoms. The van der Waals surface area contributed by atoms with Crippen molar-refractivity contribution in [3.63, 3.8) is 0 Å². The molecule has 20 heavy (non-hydrogen) atoms. The van der Waals surface area contributed by atoms with Gasteiger partial charge in [0.1, 0.15) is 6.04 Å². The normalized spacial score (nSPS) is 20.9. The van der Waals surface area contributed by atoms with Crippen molar-refractivity contribution in [3.8, 4) is 6.07 Å². The quantitative estimate of drug-likeness (QED) is 0.862. The van der Waals surface area contributed by atoms with Gasteiger partial charge in [-0.2, -0.15) is 5.26 Å². The van der Waals surface area contributed by atoms with Gasteiger partial charge in [-0.1, -0.05) is 37.3 Å². The molecule has 1 aliphatic heterocycles. The van der Waals surface area contributed by atoms with Gasteiger partial charge in [0.25, 0.3) is 0 Å². The molecular formula is C16H22N2O2. The van der Waals surface area contributed by atoms with Crippen LogP contribution in [-0.4, -0.2) is 31.0 Å². The maximum absolute atomic E-state index is 9.61. The van der Waals surface area contributed by atoms with Gasteiger partial charge in [0.05, 0.1) is 18.7 Å². The van der Waals surface area contributed by atoms with Gasteiger partial charge in [0.15, 0.2) is 0 Å². The molecule has 2 rings (SSSR count). The molecule has 2 atom stereocenters. The topological polar surface area (TPSA) is 65.3 Å². The van der Waals surface area contributed by atoms with Crippen LogP contribution in [0, 0.1) is 16.7 Å². The second-order valence-electron chi connectivity index (χ2n) is 5.64. The minimum Gasteiger partial charge on any atom is -0.394 e. The van der Waals surface area contributed by atoms with Gasteiger partial charge in [-0.25, -0.2) is 0 Å². The fourth-order valence-corrected chi connectivity index (χ4v) is 2.66. The number of nitriles is 1. The highest BCUT2D eigenvalue weighted by molar-refractivity contribution is 5.20. The molecule has 0 aliphatic carbocycles. The van der Waals surface area contributed by atoms with Crippen molar-refractivity contribution in [2.75, 3.05) is 19.8 Å². The molecule has 1 fully saturated rings. The van der Waals surface area contributed by atoms with Crippen LogP contribution >= 0.6 is 0 Å². The molecule has 1 saturated heterocycles. The lowest BCUT2D eigenvalue weighted by atomic mass is 9.75. The lowest BCUT2D eigenvalue weighted by molar-refractivity contribution is 0.0104. The van der Waals surface area contributed by atoms with Crippen molar-refractivity contribution in [2.45, 2.75) is 31.8 Å². The molecule has 0 saturated carbocycles. The predicted molar refractivity (Wildman–Crippen MR) is 77.0 cm³/mol. The van der Waals surface area contributed by atoms with Gasteiger partial charge in [-0.3, -0.25) is 5.32 Å². The summed E-state index contributed by atoms with van der Waals surface area (Å²) >= 11 is 0. The van der Waals surface area contributed by atoms with Crippen LogP contribution in [0.15, 0.2) is 30.3 Å². The van der Waals surface area contributed by atoms with Gasteiger partial charge in [-0.05, 0) is 18.4 Å². The molecule has 2 N–H and O–H groups in total. The summed E-state index contributed by atoms with van der Waals surface area (Å²) < 4.78 is 5.39. The fourth-order valence-electron chi connectivity index (χ4n) is 2.66. The monoisotopic (exact) mass is 274 g/mol. The number of nitrogens with one attached hydrogen (secondary N) is 1. The molecule has 0 aromatic heterocycles. The number of aliphatic hydroxyl groups excluding tert-OH is 1. The smallest absolute Gasteiger partial charge is 0.101 e. The molecule has 1 heterocycles. The van der Waals surface area contributed by atoms with E-state index < -0.39 is 0 Å². The van der Waals surface area contributed by atoms with E-state index in [2.05, 4.69) is 18.3 Å². The average molecular weight is 274 g/mol. The largest absolute Gasteiger partial charge is 0.394 e. The Labute approximate surface area is 120 Å². The van der Waals surface area contributed by atoms with E-state index in [1.165, 1.54) is 0 Å². The van der Waals surface area contributed by atoms with Crippen LogP contribution < -0.4 is 5.32 Å². The van der Waals surface area contributed by atoms with Crippen LogP contribution in [0.5, 0.6) is 0 Å². The third kappa shape index (κ3) is 3.37. The first kappa shape index (κ1) is 15.0. The van der Waals surface area contributed by atoms with Crippen LogP contribution in [0.1, 0.15) is 31.4 Å². The van der Waals surface area contributed by atoms with Gasteiger partial charge in [0, 0.05) is 18.6 Å². The fraction of sp³-hybridized carbons (Fsp3) is 0.562. The summed E-state index contributed by atoms with van der Waals surface area (Å²) in [6, 6.07) is 11.6. The summed E-state index contributed by atoms with van der Waals surface area (Å²) in [7, 11) is 0. The predicted octanol–water partition coefficient (Wildman–Crippen LogP) is 2.02. The third-order valence-corrected chi connectivity index (χ3v) is 4.21. The van der Waals surface area contributed by atoms with Gasteiger partial charge in [0.2, 0.25) is 0 Å². The zero-order valence-corrected chi connectivity index (χ0v) is 11.9. The van der Waals surface area contributed by atoms with Crippen LogP contribution in [0.4, 0.5) is 0 Å². The summed E-state index contributed by atoms with van der Waals surface area (Å²) in [5.74, 6) is 0. The van der Waals surface area contributed by atoms with E-state index in [0.717, 1.165) is 18.4 Å². The molecule has 0 amide bonds. The van der Waals surface area contributed by atoms with E-state index in [4.69, 9.17) is 4.74 Å². The lowest BCUT2D eigenvalue weighted by Gasteiger charge is -2.39. The van der Waals surface area contributed by atoms with Crippen molar-refractivity contribution in [1.29, 1.82) is 5.26 Å². The third-order valence-electron chi connectivity index (χ3n) is 4.21. The zero-order valence-electron chi connectivity index (χ0n) is 11.9. The first-order chi connectivity index (χ1) is 9.69. The average Bonchev–Trinajstić information content (AvgIpc) is 2.50. The Morgan fingerprint density at radius 1 is 1.35 bits per heavy atom. The lowest BCUT2D eigenvalue weighted by Crippen LogP contribution is -2.47. The summed E-state index contributed by atoms with van der Waals surface area (Å²) in [6.07, 6.45) is 1.73. The van der Waals surface area contributed by atoms with Crippen molar-refractivity contribution in [3.05, 3.63) is 35.9 Å². The summed E-state index contributed by atoms with van der Waals surface area (Å²) in [4.78, 5) is 0. The van der Waals surface area contributed by atoms with E-state index in [9.17, 15) is 10.4 Å². The number of hydrogen-bond acceptors (Lipinski definition) is 4. The number of rotatable bonds is 5. The number of hydrogen-bond donors (Lipinski definition) is 2. The van der Waals surface area contributed by atoms with Crippen molar-refractivity contribution >= 4 is 0 Å². The summed E-state index contributed by atoms with van der Waals surface area (Å²) in [5.41, 5.74) is 0.903. The van der Waals surface area contributed by atoms with Gasteiger partial charge < -0.3 is 9.84 Å². The van der Waals surface area contributed by atoms with Crippen LogP contribution in [0.3, 0.4) is 0 Å². The molecule has 1 aromatic carbocycles. The molecular weight excluding hydrogens is 252 g/mol. The number of benzene rings is 1. The molecule has 0 bridgehead atoms. The molecule has 1 aliphatic rings. The van der Waals surface area contributed by atoms with Gasteiger partial charge in [-0.15, -0.1) is 0 Å². The Hall–Kier alpha value is -1.41. The Morgan fingerprint density at radius 3 is 2.55 bits per heavy atom. The summed E-state index contributed by atoms with van der Waals surface area (Å²) in [6.45, 7) is 3.50. The van der Waals surface area contributed by atoms with E-state index in [1.54, 1.807) is 0 Å². The first-order valence-electron chi connectivity index (χ1n) is 7.09. The first-order valence-corrected chi connectivity index (χ1v) is 7.09. The number of nitrogens with zero attached hydrogens (tertiary/aromatic N) is 1. The number of aliphatic hydroxyl groups is 1.